The normalized spacial score (nSPS) is 12.3. The van der Waals surface area contributed by atoms with E-state index in [-0.39, 0.29) is 17.4 Å². The molecule has 4 nitrogen and oxygen atoms in total. The molecule has 0 spiro atoms. The molecule has 0 aliphatic carbocycles. The summed E-state index contributed by atoms with van der Waals surface area (Å²) in [7, 11) is 0. The van der Waals surface area contributed by atoms with E-state index in [1.807, 2.05) is 76.2 Å². The smallest absolute Gasteiger partial charge is 0.242 e. The molecule has 0 aliphatic rings. The molecule has 1 N–H and O–H groups in total. The Hall–Kier alpha value is -1.98. The summed E-state index contributed by atoms with van der Waals surface area (Å²) in [6, 6.07) is 15.0. The zero-order chi connectivity index (χ0) is 22.3. The summed E-state index contributed by atoms with van der Waals surface area (Å²) >= 11 is 7.57. The van der Waals surface area contributed by atoms with Gasteiger partial charge in [0.1, 0.15) is 6.04 Å². The Kier molecular flexibility index (Phi) is 8.80. The zero-order valence-corrected chi connectivity index (χ0v) is 19.9. The second kappa shape index (κ2) is 10.9. The second-order valence-electron chi connectivity index (χ2n) is 8.49. The van der Waals surface area contributed by atoms with Crippen LogP contribution < -0.4 is 5.32 Å². The summed E-state index contributed by atoms with van der Waals surface area (Å²) in [4.78, 5) is 27.6. The van der Waals surface area contributed by atoms with Crippen molar-refractivity contribution in [2.24, 2.45) is 0 Å². The highest BCUT2D eigenvalue weighted by molar-refractivity contribution is 7.99. The van der Waals surface area contributed by atoms with Gasteiger partial charge in [0, 0.05) is 22.9 Å². The standard InChI is InChI=1S/C24H31ClN2O2S/c1-17-9-6-7-11-20(17)14-27(18(2)23(29)26-24(3,4)5)22(28)16-30-15-19-10-8-12-21(25)13-19/h6-13,18H,14-16H2,1-5H3,(H,26,29). The number of carbonyl (C=O) groups is 2. The summed E-state index contributed by atoms with van der Waals surface area (Å²) in [5.41, 5.74) is 2.86. The molecule has 0 bridgehead atoms. The van der Waals surface area contributed by atoms with E-state index in [9.17, 15) is 9.59 Å². The third-order valence-corrected chi connectivity index (χ3v) is 5.87. The number of hydrogen-bond acceptors (Lipinski definition) is 3. The largest absolute Gasteiger partial charge is 0.350 e. The quantitative estimate of drug-likeness (QED) is 0.605. The number of rotatable bonds is 8. The molecule has 2 rings (SSSR count). The van der Waals surface area contributed by atoms with Crippen LogP contribution in [0.1, 0.15) is 44.4 Å². The molecule has 2 aromatic carbocycles. The Bertz CT molecular complexity index is 880. The first-order valence-electron chi connectivity index (χ1n) is 10.0. The van der Waals surface area contributed by atoms with Crippen molar-refractivity contribution in [1.82, 2.24) is 10.2 Å². The molecular weight excluding hydrogens is 416 g/mol. The van der Waals surface area contributed by atoms with E-state index >= 15 is 0 Å². The van der Waals surface area contributed by atoms with Crippen molar-refractivity contribution >= 4 is 35.2 Å². The van der Waals surface area contributed by atoms with Crippen LogP contribution in [-0.4, -0.2) is 34.0 Å². The van der Waals surface area contributed by atoms with Crippen molar-refractivity contribution in [1.29, 1.82) is 0 Å². The number of nitrogens with zero attached hydrogens (tertiary/aromatic N) is 1. The number of hydrogen-bond donors (Lipinski definition) is 1. The van der Waals surface area contributed by atoms with Crippen LogP contribution in [0.25, 0.3) is 0 Å². The minimum Gasteiger partial charge on any atom is -0.350 e. The van der Waals surface area contributed by atoms with E-state index in [0.29, 0.717) is 23.1 Å². The van der Waals surface area contributed by atoms with E-state index in [1.165, 1.54) is 11.8 Å². The number of benzene rings is 2. The van der Waals surface area contributed by atoms with Gasteiger partial charge in [0.15, 0.2) is 0 Å². The highest BCUT2D eigenvalue weighted by Gasteiger charge is 2.28. The number of thioether (sulfide) groups is 1. The number of nitrogens with one attached hydrogen (secondary N) is 1. The first-order valence-corrected chi connectivity index (χ1v) is 11.6. The van der Waals surface area contributed by atoms with E-state index in [2.05, 4.69) is 5.32 Å². The maximum Gasteiger partial charge on any atom is 0.242 e. The Morgan fingerprint density at radius 3 is 2.47 bits per heavy atom. The van der Waals surface area contributed by atoms with E-state index in [0.717, 1.165) is 16.7 Å². The lowest BCUT2D eigenvalue weighted by atomic mass is 10.1. The van der Waals surface area contributed by atoms with Gasteiger partial charge in [0.05, 0.1) is 5.75 Å². The fourth-order valence-electron chi connectivity index (χ4n) is 2.99. The van der Waals surface area contributed by atoms with Crippen LogP contribution in [-0.2, 0) is 21.9 Å². The molecule has 1 unspecified atom stereocenters. The SMILES string of the molecule is Cc1ccccc1CN(C(=O)CSCc1cccc(Cl)c1)C(C)C(=O)NC(C)(C)C. The van der Waals surface area contributed by atoms with Crippen molar-refractivity contribution in [3.63, 3.8) is 0 Å². The van der Waals surface area contributed by atoms with E-state index < -0.39 is 6.04 Å². The fraction of sp³-hybridized carbons (Fsp3) is 0.417. The molecule has 6 heteroatoms. The molecular formula is C24H31ClN2O2S. The predicted molar refractivity (Wildman–Crippen MR) is 127 cm³/mol. The van der Waals surface area contributed by atoms with Crippen LogP contribution in [0.15, 0.2) is 48.5 Å². The average Bonchev–Trinajstić information content (AvgIpc) is 2.65. The first-order chi connectivity index (χ1) is 14.1. The van der Waals surface area contributed by atoms with Crippen molar-refractivity contribution in [2.45, 2.75) is 58.5 Å². The molecule has 2 amide bonds. The molecule has 0 aliphatic heterocycles. The monoisotopic (exact) mass is 446 g/mol. The molecule has 0 heterocycles. The van der Waals surface area contributed by atoms with Gasteiger partial charge in [-0.2, -0.15) is 0 Å². The maximum absolute atomic E-state index is 13.1. The number of aryl methyl sites for hydroxylation is 1. The summed E-state index contributed by atoms with van der Waals surface area (Å²) in [5.74, 6) is 0.782. The highest BCUT2D eigenvalue weighted by atomic mass is 35.5. The highest BCUT2D eigenvalue weighted by Crippen LogP contribution is 2.19. The maximum atomic E-state index is 13.1. The lowest BCUT2D eigenvalue weighted by molar-refractivity contribution is -0.139. The van der Waals surface area contributed by atoms with Crippen molar-refractivity contribution < 1.29 is 9.59 Å². The minimum atomic E-state index is -0.567. The van der Waals surface area contributed by atoms with Crippen molar-refractivity contribution in [3.8, 4) is 0 Å². The van der Waals surface area contributed by atoms with Gasteiger partial charge >= 0.3 is 0 Å². The molecule has 0 aromatic heterocycles. The topological polar surface area (TPSA) is 49.4 Å². The molecule has 0 saturated heterocycles. The zero-order valence-electron chi connectivity index (χ0n) is 18.4. The Balaban J connectivity index is 2.11. The lowest BCUT2D eigenvalue weighted by Crippen LogP contribution is -2.52. The van der Waals surface area contributed by atoms with Crippen LogP contribution in [0.4, 0.5) is 0 Å². The van der Waals surface area contributed by atoms with E-state index in [4.69, 9.17) is 11.6 Å². The van der Waals surface area contributed by atoms with Gasteiger partial charge in [0.2, 0.25) is 11.8 Å². The predicted octanol–water partition coefficient (Wildman–Crippen LogP) is 5.21. The van der Waals surface area contributed by atoms with E-state index in [1.54, 1.807) is 11.8 Å². The van der Waals surface area contributed by atoms with Gasteiger partial charge < -0.3 is 10.2 Å². The third-order valence-electron chi connectivity index (χ3n) is 4.65. The number of carbonyl (C=O) groups excluding carboxylic acids is 2. The third kappa shape index (κ3) is 7.69. The molecule has 162 valence electrons. The van der Waals surface area contributed by atoms with Crippen molar-refractivity contribution in [3.05, 3.63) is 70.2 Å². The number of amides is 2. The van der Waals surface area contributed by atoms with Gasteiger partial charge in [-0.05, 0) is 63.4 Å². The van der Waals surface area contributed by atoms with Crippen LogP contribution in [0.5, 0.6) is 0 Å². The Morgan fingerprint density at radius 2 is 1.83 bits per heavy atom. The van der Waals surface area contributed by atoms with Gasteiger partial charge in [-0.3, -0.25) is 9.59 Å². The Labute approximate surface area is 189 Å². The van der Waals surface area contributed by atoms with Gasteiger partial charge in [-0.15, -0.1) is 11.8 Å². The van der Waals surface area contributed by atoms with Crippen LogP contribution in [0, 0.1) is 6.92 Å². The summed E-state index contributed by atoms with van der Waals surface area (Å²) in [5, 5.41) is 3.68. The van der Waals surface area contributed by atoms with Gasteiger partial charge in [-0.1, -0.05) is 48.0 Å². The molecule has 0 radical (unpaired) electrons. The average molecular weight is 447 g/mol. The molecule has 1 atom stereocenters. The molecule has 0 fully saturated rings. The lowest BCUT2D eigenvalue weighted by Gasteiger charge is -2.31. The molecule has 2 aromatic rings. The summed E-state index contributed by atoms with van der Waals surface area (Å²) in [6.07, 6.45) is 0. The minimum absolute atomic E-state index is 0.0539. The number of halogens is 1. The summed E-state index contributed by atoms with van der Waals surface area (Å²) in [6.45, 7) is 10.0. The summed E-state index contributed by atoms with van der Waals surface area (Å²) < 4.78 is 0. The van der Waals surface area contributed by atoms with Crippen LogP contribution in [0.3, 0.4) is 0 Å². The van der Waals surface area contributed by atoms with Gasteiger partial charge in [-0.25, -0.2) is 0 Å². The second-order valence-corrected chi connectivity index (χ2v) is 9.91. The Morgan fingerprint density at radius 1 is 1.13 bits per heavy atom. The van der Waals surface area contributed by atoms with Crippen molar-refractivity contribution in [2.75, 3.05) is 5.75 Å². The fourth-order valence-corrected chi connectivity index (χ4v) is 4.06. The van der Waals surface area contributed by atoms with Crippen LogP contribution in [0.2, 0.25) is 5.02 Å². The van der Waals surface area contributed by atoms with Crippen LogP contribution >= 0.6 is 23.4 Å². The molecule has 30 heavy (non-hydrogen) atoms. The first kappa shape index (κ1) is 24.3. The molecule has 0 saturated carbocycles. The van der Waals surface area contributed by atoms with Gasteiger partial charge in [0.25, 0.3) is 0 Å².